The third-order valence-corrected chi connectivity index (χ3v) is 5.57. The lowest BCUT2D eigenvalue weighted by molar-refractivity contribution is -0.586. The highest BCUT2D eigenvalue weighted by Gasteiger charge is 2.39. The lowest BCUT2D eigenvalue weighted by Crippen LogP contribution is -2.40. The summed E-state index contributed by atoms with van der Waals surface area (Å²) in [5.41, 5.74) is 2.31. The first kappa shape index (κ1) is 15.2. The molecular formula is C20H21N2OS+. The Morgan fingerprint density at radius 3 is 2.46 bits per heavy atom. The number of ether oxygens (including phenoxy) is 1. The van der Waals surface area contributed by atoms with Gasteiger partial charge in [0.2, 0.25) is 0 Å². The van der Waals surface area contributed by atoms with Gasteiger partial charge in [0.05, 0.1) is 6.54 Å². The lowest BCUT2D eigenvalue weighted by Gasteiger charge is -2.23. The van der Waals surface area contributed by atoms with Gasteiger partial charge in [-0.2, -0.15) is 4.57 Å². The number of benzene rings is 2. The van der Waals surface area contributed by atoms with Gasteiger partial charge in [0, 0.05) is 5.92 Å². The number of hydrogen-bond donors (Lipinski definition) is 0. The van der Waals surface area contributed by atoms with E-state index in [4.69, 9.17) is 4.74 Å². The minimum atomic E-state index is 0.422. The van der Waals surface area contributed by atoms with Crippen molar-refractivity contribution in [2.75, 3.05) is 11.4 Å². The van der Waals surface area contributed by atoms with E-state index in [-0.39, 0.29) is 0 Å². The Morgan fingerprint density at radius 1 is 1.04 bits per heavy atom. The van der Waals surface area contributed by atoms with E-state index in [1.165, 1.54) is 10.7 Å². The molecule has 0 aliphatic carbocycles. The van der Waals surface area contributed by atoms with Crippen molar-refractivity contribution in [2.45, 2.75) is 26.7 Å². The van der Waals surface area contributed by atoms with Crippen molar-refractivity contribution in [1.82, 2.24) is 0 Å². The summed E-state index contributed by atoms with van der Waals surface area (Å²) in [7, 11) is 0. The van der Waals surface area contributed by atoms with Crippen LogP contribution in [-0.4, -0.2) is 6.54 Å². The van der Waals surface area contributed by atoms with E-state index < -0.39 is 0 Å². The molecule has 0 radical (unpaired) electrons. The second kappa shape index (κ2) is 5.95. The second-order valence-corrected chi connectivity index (χ2v) is 7.18. The molecule has 1 aliphatic heterocycles. The summed E-state index contributed by atoms with van der Waals surface area (Å²) in [5.74, 6) is 2.49. The van der Waals surface area contributed by atoms with Crippen LogP contribution in [0.1, 0.15) is 31.7 Å². The summed E-state index contributed by atoms with van der Waals surface area (Å²) < 4.78 is 8.61. The first-order valence-corrected chi connectivity index (χ1v) is 9.21. The highest BCUT2D eigenvalue weighted by molar-refractivity contribution is 7.13. The van der Waals surface area contributed by atoms with Gasteiger partial charge < -0.3 is 4.74 Å². The smallest absolute Gasteiger partial charge is 0.342 e. The third kappa shape index (κ3) is 2.29. The standard InChI is InChI=1S/C20H21N2OS/c1-4-21-16-12-8-9-13-17(16)23-20-18(21)22(19(24-20)14(2)3)15-10-6-5-7-11-15/h5-14H,4H2,1-3H3/q+1. The van der Waals surface area contributed by atoms with Crippen LogP contribution in [0.4, 0.5) is 11.5 Å². The molecule has 3 nitrogen and oxygen atoms in total. The summed E-state index contributed by atoms with van der Waals surface area (Å²) in [4.78, 5) is 2.35. The van der Waals surface area contributed by atoms with Gasteiger partial charge in [-0.15, -0.1) is 0 Å². The number of aromatic nitrogens is 1. The van der Waals surface area contributed by atoms with E-state index in [9.17, 15) is 0 Å². The molecule has 122 valence electrons. The van der Waals surface area contributed by atoms with E-state index in [0.717, 1.165) is 28.9 Å². The number of nitrogens with zero attached hydrogens (tertiary/aromatic N) is 2. The summed E-state index contributed by atoms with van der Waals surface area (Å²) in [5, 5.41) is 2.28. The largest absolute Gasteiger partial charge is 0.434 e. The van der Waals surface area contributed by atoms with E-state index in [2.05, 4.69) is 72.7 Å². The van der Waals surface area contributed by atoms with Gasteiger partial charge in [0.15, 0.2) is 16.4 Å². The zero-order valence-electron chi connectivity index (χ0n) is 14.2. The molecule has 4 heteroatoms. The topological polar surface area (TPSA) is 16.4 Å². The molecule has 0 unspecified atom stereocenters. The minimum Gasteiger partial charge on any atom is -0.434 e. The van der Waals surface area contributed by atoms with Crippen molar-refractivity contribution < 1.29 is 9.30 Å². The van der Waals surface area contributed by atoms with Gasteiger partial charge in [-0.3, -0.25) is 0 Å². The van der Waals surface area contributed by atoms with Crippen LogP contribution in [0.15, 0.2) is 54.6 Å². The molecule has 0 atom stereocenters. The maximum atomic E-state index is 6.26. The molecule has 0 bridgehead atoms. The maximum Gasteiger partial charge on any atom is 0.342 e. The number of thiazole rings is 1. The fourth-order valence-electron chi connectivity index (χ4n) is 3.18. The zero-order chi connectivity index (χ0) is 16.7. The predicted octanol–water partition coefficient (Wildman–Crippen LogP) is 5.41. The summed E-state index contributed by atoms with van der Waals surface area (Å²) in [6.07, 6.45) is 0. The molecule has 24 heavy (non-hydrogen) atoms. The van der Waals surface area contributed by atoms with Crippen molar-refractivity contribution >= 4 is 22.8 Å². The van der Waals surface area contributed by atoms with Crippen LogP contribution in [0.25, 0.3) is 5.69 Å². The van der Waals surface area contributed by atoms with Crippen molar-refractivity contribution in [3.8, 4) is 16.5 Å². The Kier molecular flexibility index (Phi) is 3.77. The van der Waals surface area contributed by atoms with Crippen molar-refractivity contribution in [3.63, 3.8) is 0 Å². The van der Waals surface area contributed by atoms with Crippen LogP contribution in [-0.2, 0) is 0 Å². The predicted molar refractivity (Wildman–Crippen MR) is 99.1 cm³/mol. The Morgan fingerprint density at radius 2 is 1.75 bits per heavy atom. The molecule has 2 heterocycles. The third-order valence-electron chi connectivity index (χ3n) is 4.25. The zero-order valence-corrected chi connectivity index (χ0v) is 15.0. The fourth-order valence-corrected chi connectivity index (χ4v) is 4.32. The van der Waals surface area contributed by atoms with Gasteiger partial charge in [-0.05, 0) is 31.2 Å². The van der Waals surface area contributed by atoms with Crippen LogP contribution in [0.2, 0.25) is 0 Å². The molecular weight excluding hydrogens is 316 g/mol. The van der Waals surface area contributed by atoms with Crippen LogP contribution < -0.4 is 14.2 Å². The summed E-state index contributed by atoms with van der Waals surface area (Å²) in [6.45, 7) is 7.56. The number of para-hydroxylation sites is 3. The van der Waals surface area contributed by atoms with E-state index in [1.54, 1.807) is 11.3 Å². The van der Waals surface area contributed by atoms with Crippen molar-refractivity contribution in [3.05, 3.63) is 59.6 Å². The number of anilines is 2. The van der Waals surface area contributed by atoms with Crippen LogP contribution in [0.5, 0.6) is 10.8 Å². The average Bonchev–Trinajstić information content (AvgIpc) is 2.99. The first-order valence-electron chi connectivity index (χ1n) is 8.39. The quantitative estimate of drug-likeness (QED) is 0.594. The van der Waals surface area contributed by atoms with Gasteiger partial charge in [0.25, 0.3) is 5.06 Å². The summed E-state index contributed by atoms with van der Waals surface area (Å²) in [6, 6.07) is 18.8. The van der Waals surface area contributed by atoms with Gasteiger partial charge >= 0.3 is 5.82 Å². The highest BCUT2D eigenvalue weighted by atomic mass is 32.1. The molecule has 0 saturated heterocycles. The molecule has 0 amide bonds. The minimum absolute atomic E-state index is 0.422. The Labute approximate surface area is 146 Å². The molecule has 0 N–H and O–H groups in total. The molecule has 1 aliphatic rings. The van der Waals surface area contributed by atoms with E-state index >= 15 is 0 Å². The van der Waals surface area contributed by atoms with Crippen LogP contribution >= 0.6 is 11.3 Å². The van der Waals surface area contributed by atoms with Crippen molar-refractivity contribution in [1.29, 1.82) is 0 Å². The van der Waals surface area contributed by atoms with E-state index in [1.807, 2.05) is 12.1 Å². The molecule has 4 rings (SSSR count). The Balaban J connectivity index is 1.98. The van der Waals surface area contributed by atoms with Gasteiger partial charge in [-0.25, -0.2) is 4.90 Å². The molecule has 3 aromatic rings. The number of rotatable bonds is 3. The lowest BCUT2D eigenvalue weighted by atomic mass is 10.2. The molecule has 0 saturated carbocycles. The average molecular weight is 337 g/mol. The number of hydrogen-bond acceptors (Lipinski definition) is 3. The highest BCUT2D eigenvalue weighted by Crippen LogP contribution is 2.49. The molecule has 0 fully saturated rings. The van der Waals surface area contributed by atoms with E-state index in [0.29, 0.717) is 5.92 Å². The van der Waals surface area contributed by atoms with Crippen LogP contribution in [0, 0.1) is 0 Å². The second-order valence-electron chi connectivity index (χ2n) is 6.19. The van der Waals surface area contributed by atoms with Crippen LogP contribution in [0.3, 0.4) is 0 Å². The normalized spacial score (nSPS) is 12.8. The first-order chi connectivity index (χ1) is 11.7. The Bertz CT molecular complexity index is 871. The molecule has 1 aromatic heterocycles. The summed E-state index contributed by atoms with van der Waals surface area (Å²) >= 11 is 1.75. The maximum absolute atomic E-state index is 6.26. The monoisotopic (exact) mass is 337 g/mol. The molecule has 0 spiro atoms. The SMILES string of the molecule is CCN1c2ccccc2Oc2sc(C(C)C)[n+](-c3ccccc3)c21. The van der Waals surface area contributed by atoms with Gasteiger partial charge in [0.1, 0.15) is 5.69 Å². The fraction of sp³-hybridized carbons (Fsp3) is 0.250. The Hall–Kier alpha value is -2.33. The van der Waals surface area contributed by atoms with Crippen molar-refractivity contribution in [2.24, 2.45) is 0 Å². The van der Waals surface area contributed by atoms with Gasteiger partial charge in [-0.1, -0.05) is 55.5 Å². The number of fused-ring (bicyclic) bond motifs is 2. The molecule has 2 aromatic carbocycles.